The van der Waals surface area contributed by atoms with Crippen LogP contribution in [0.5, 0.6) is 0 Å². The van der Waals surface area contributed by atoms with Crippen LogP contribution in [0.3, 0.4) is 0 Å². The number of aliphatic hydroxyl groups is 1. The van der Waals surface area contributed by atoms with Crippen molar-refractivity contribution in [2.45, 2.75) is 6.23 Å². The highest BCUT2D eigenvalue weighted by Gasteiger charge is 2.16. The van der Waals surface area contributed by atoms with Crippen molar-refractivity contribution in [2.75, 3.05) is 0 Å². The van der Waals surface area contributed by atoms with Crippen molar-refractivity contribution >= 4 is 11.9 Å². The maximum Gasteiger partial charge on any atom is 0.353 e. The SMILES string of the molecule is O=C(N[C@H](O)C(=O)O)c1ccccc1. The number of hydrogen-bond donors (Lipinski definition) is 3. The zero-order valence-electron chi connectivity index (χ0n) is 7.18. The minimum atomic E-state index is -1.87. The molecule has 1 aromatic rings. The topological polar surface area (TPSA) is 86.6 Å². The number of hydrogen-bond acceptors (Lipinski definition) is 3. The predicted molar refractivity (Wildman–Crippen MR) is 47.6 cm³/mol. The summed E-state index contributed by atoms with van der Waals surface area (Å²) in [5, 5.41) is 19.1. The van der Waals surface area contributed by atoms with Crippen molar-refractivity contribution in [2.24, 2.45) is 0 Å². The standard InChI is InChI=1S/C9H9NO4/c11-7(10-8(12)9(13)14)6-4-2-1-3-5-6/h1-5,8,12H,(H,10,11)(H,13,14)/t8-/m1/s1. The minimum absolute atomic E-state index is 0.299. The second-order valence-corrected chi connectivity index (χ2v) is 2.58. The van der Waals surface area contributed by atoms with Gasteiger partial charge in [-0.1, -0.05) is 18.2 Å². The van der Waals surface area contributed by atoms with Crippen molar-refractivity contribution in [1.29, 1.82) is 0 Å². The van der Waals surface area contributed by atoms with Gasteiger partial charge in [0.2, 0.25) is 6.23 Å². The van der Waals surface area contributed by atoms with Crippen molar-refractivity contribution in [3.63, 3.8) is 0 Å². The zero-order chi connectivity index (χ0) is 10.6. The molecular formula is C9H9NO4. The fourth-order valence-electron chi connectivity index (χ4n) is 0.859. The van der Waals surface area contributed by atoms with Gasteiger partial charge < -0.3 is 15.5 Å². The molecule has 1 amide bonds. The molecule has 0 saturated carbocycles. The summed E-state index contributed by atoms with van der Waals surface area (Å²) in [5.41, 5.74) is 0.299. The number of nitrogens with one attached hydrogen (secondary N) is 1. The summed E-state index contributed by atoms with van der Waals surface area (Å²) in [6.45, 7) is 0. The average molecular weight is 195 g/mol. The first-order valence-corrected chi connectivity index (χ1v) is 3.88. The fourth-order valence-corrected chi connectivity index (χ4v) is 0.859. The van der Waals surface area contributed by atoms with Crippen LogP contribution in [-0.2, 0) is 4.79 Å². The van der Waals surface area contributed by atoms with E-state index in [-0.39, 0.29) is 0 Å². The number of aliphatic hydroxyl groups excluding tert-OH is 1. The highest BCUT2D eigenvalue weighted by Crippen LogP contribution is 1.98. The quantitative estimate of drug-likeness (QED) is 0.584. The van der Waals surface area contributed by atoms with Gasteiger partial charge in [-0.3, -0.25) is 4.79 Å². The Morgan fingerprint density at radius 3 is 2.29 bits per heavy atom. The van der Waals surface area contributed by atoms with E-state index in [1.54, 1.807) is 18.2 Å². The van der Waals surface area contributed by atoms with Crippen molar-refractivity contribution in [3.05, 3.63) is 35.9 Å². The Labute approximate surface area is 80.0 Å². The molecule has 14 heavy (non-hydrogen) atoms. The van der Waals surface area contributed by atoms with E-state index in [0.29, 0.717) is 5.56 Å². The molecule has 0 aromatic heterocycles. The van der Waals surface area contributed by atoms with E-state index in [1.165, 1.54) is 12.1 Å². The number of carboxylic acid groups (broad SMARTS) is 1. The lowest BCUT2D eigenvalue weighted by Gasteiger charge is -2.07. The first kappa shape index (κ1) is 10.2. The molecule has 5 heteroatoms. The number of carbonyl (C=O) groups excluding carboxylic acids is 1. The van der Waals surface area contributed by atoms with Crippen LogP contribution < -0.4 is 5.32 Å². The molecule has 1 aromatic carbocycles. The fraction of sp³-hybridized carbons (Fsp3) is 0.111. The lowest BCUT2D eigenvalue weighted by atomic mass is 10.2. The van der Waals surface area contributed by atoms with E-state index in [0.717, 1.165) is 0 Å². The Balaban J connectivity index is 2.64. The van der Waals surface area contributed by atoms with E-state index in [4.69, 9.17) is 10.2 Å². The summed E-state index contributed by atoms with van der Waals surface area (Å²) in [5.74, 6) is -2.12. The third-order valence-electron chi connectivity index (χ3n) is 1.54. The predicted octanol–water partition coefficient (Wildman–Crippen LogP) is -0.181. The Bertz CT molecular complexity index is 336. The minimum Gasteiger partial charge on any atom is -0.478 e. The van der Waals surface area contributed by atoms with Crippen LogP contribution in [0.1, 0.15) is 10.4 Å². The monoisotopic (exact) mass is 195 g/mol. The Kier molecular flexibility index (Phi) is 3.19. The van der Waals surface area contributed by atoms with E-state index < -0.39 is 18.1 Å². The van der Waals surface area contributed by atoms with Gasteiger partial charge in [0.15, 0.2) is 0 Å². The molecular weight excluding hydrogens is 186 g/mol. The van der Waals surface area contributed by atoms with Crippen LogP contribution >= 0.6 is 0 Å². The Hall–Kier alpha value is -1.88. The molecule has 0 bridgehead atoms. The number of carboxylic acids is 1. The molecule has 1 rings (SSSR count). The van der Waals surface area contributed by atoms with Crippen molar-refractivity contribution in [3.8, 4) is 0 Å². The average Bonchev–Trinajstić information content (AvgIpc) is 2.19. The third-order valence-corrected chi connectivity index (χ3v) is 1.54. The van der Waals surface area contributed by atoms with E-state index in [1.807, 2.05) is 5.32 Å². The van der Waals surface area contributed by atoms with Gasteiger partial charge in [0.05, 0.1) is 0 Å². The van der Waals surface area contributed by atoms with Gasteiger partial charge in [0.1, 0.15) is 0 Å². The number of rotatable bonds is 3. The largest absolute Gasteiger partial charge is 0.478 e. The third kappa shape index (κ3) is 2.56. The molecule has 0 heterocycles. The van der Waals surface area contributed by atoms with Gasteiger partial charge in [-0.25, -0.2) is 4.79 Å². The molecule has 0 radical (unpaired) electrons. The molecule has 0 fully saturated rings. The molecule has 0 aliphatic heterocycles. The Morgan fingerprint density at radius 1 is 1.21 bits per heavy atom. The van der Waals surface area contributed by atoms with Crippen LogP contribution in [-0.4, -0.2) is 28.3 Å². The smallest absolute Gasteiger partial charge is 0.353 e. The van der Waals surface area contributed by atoms with Gasteiger partial charge >= 0.3 is 5.97 Å². The first-order chi connectivity index (χ1) is 6.61. The van der Waals surface area contributed by atoms with Crippen molar-refractivity contribution < 1.29 is 19.8 Å². The van der Waals surface area contributed by atoms with E-state index in [9.17, 15) is 9.59 Å². The number of benzene rings is 1. The molecule has 1 atom stereocenters. The summed E-state index contributed by atoms with van der Waals surface area (Å²) in [4.78, 5) is 21.4. The second-order valence-electron chi connectivity index (χ2n) is 2.58. The lowest BCUT2D eigenvalue weighted by Crippen LogP contribution is -2.40. The Morgan fingerprint density at radius 2 is 1.79 bits per heavy atom. The van der Waals surface area contributed by atoms with Gasteiger partial charge in [-0.15, -0.1) is 0 Å². The maximum absolute atomic E-state index is 11.2. The summed E-state index contributed by atoms with van der Waals surface area (Å²) >= 11 is 0. The molecule has 5 nitrogen and oxygen atoms in total. The second kappa shape index (κ2) is 4.38. The van der Waals surface area contributed by atoms with Crippen LogP contribution in [0.2, 0.25) is 0 Å². The van der Waals surface area contributed by atoms with Crippen LogP contribution in [0, 0.1) is 0 Å². The summed E-state index contributed by atoms with van der Waals surface area (Å²) < 4.78 is 0. The number of amides is 1. The van der Waals surface area contributed by atoms with E-state index >= 15 is 0 Å². The summed E-state index contributed by atoms with van der Waals surface area (Å²) in [6.07, 6.45) is -1.87. The van der Waals surface area contributed by atoms with Gasteiger partial charge in [0, 0.05) is 5.56 Å². The highest BCUT2D eigenvalue weighted by atomic mass is 16.4. The van der Waals surface area contributed by atoms with Gasteiger partial charge in [0.25, 0.3) is 5.91 Å². The molecule has 0 saturated heterocycles. The number of carbonyl (C=O) groups is 2. The maximum atomic E-state index is 11.2. The summed E-state index contributed by atoms with van der Waals surface area (Å²) in [7, 11) is 0. The molecule has 3 N–H and O–H groups in total. The molecule has 0 spiro atoms. The molecule has 0 aliphatic rings. The van der Waals surface area contributed by atoms with Crippen LogP contribution in [0.4, 0.5) is 0 Å². The lowest BCUT2D eigenvalue weighted by molar-refractivity contribution is -0.147. The number of aliphatic carboxylic acids is 1. The van der Waals surface area contributed by atoms with Crippen molar-refractivity contribution in [1.82, 2.24) is 5.32 Å². The normalized spacial score (nSPS) is 11.8. The van der Waals surface area contributed by atoms with Gasteiger partial charge in [-0.2, -0.15) is 0 Å². The molecule has 0 unspecified atom stereocenters. The van der Waals surface area contributed by atoms with Crippen LogP contribution in [0.15, 0.2) is 30.3 Å². The van der Waals surface area contributed by atoms with Crippen LogP contribution in [0.25, 0.3) is 0 Å². The summed E-state index contributed by atoms with van der Waals surface area (Å²) in [6, 6.07) is 8.04. The van der Waals surface area contributed by atoms with E-state index in [2.05, 4.69) is 0 Å². The molecule has 74 valence electrons. The highest BCUT2D eigenvalue weighted by molar-refractivity contribution is 5.96. The van der Waals surface area contributed by atoms with Gasteiger partial charge in [-0.05, 0) is 12.1 Å². The first-order valence-electron chi connectivity index (χ1n) is 3.88. The zero-order valence-corrected chi connectivity index (χ0v) is 7.18. The molecule has 0 aliphatic carbocycles.